The lowest BCUT2D eigenvalue weighted by molar-refractivity contribution is 0.137. The molecular formula is C6H10N2O2S. The van der Waals surface area contributed by atoms with Gasteiger partial charge >= 0.3 is 6.09 Å². The van der Waals surface area contributed by atoms with Crippen molar-refractivity contribution in [2.45, 2.75) is 13.0 Å². The van der Waals surface area contributed by atoms with Gasteiger partial charge in [0.2, 0.25) is 0 Å². The number of nitrogens with zero attached hydrogens (tertiary/aromatic N) is 1. The van der Waals surface area contributed by atoms with Crippen LogP contribution in [-0.4, -0.2) is 40.2 Å². The molecule has 11 heavy (non-hydrogen) atoms. The van der Waals surface area contributed by atoms with Crippen molar-refractivity contribution in [3.8, 4) is 0 Å². The molecule has 0 radical (unpaired) electrons. The van der Waals surface area contributed by atoms with Crippen molar-refractivity contribution in [2.75, 3.05) is 13.1 Å². The molecule has 1 atom stereocenters. The number of nitrogens with one attached hydrogen (secondary N) is 1. The van der Waals surface area contributed by atoms with Crippen LogP contribution in [0.1, 0.15) is 6.92 Å². The highest BCUT2D eigenvalue weighted by Gasteiger charge is 2.25. The lowest BCUT2D eigenvalue weighted by Crippen LogP contribution is -2.54. The number of piperazine rings is 1. The Balaban J connectivity index is 2.65. The van der Waals surface area contributed by atoms with Crippen LogP contribution in [-0.2, 0) is 0 Å². The van der Waals surface area contributed by atoms with Crippen LogP contribution in [0.15, 0.2) is 0 Å². The number of carboxylic acid groups (broad SMARTS) is 1. The highest BCUT2D eigenvalue weighted by Crippen LogP contribution is 2.04. The Morgan fingerprint density at radius 1 is 1.91 bits per heavy atom. The molecule has 1 unspecified atom stereocenters. The van der Waals surface area contributed by atoms with E-state index in [-0.39, 0.29) is 6.04 Å². The summed E-state index contributed by atoms with van der Waals surface area (Å²) in [5, 5.41) is 11.6. The van der Waals surface area contributed by atoms with Crippen molar-refractivity contribution in [1.29, 1.82) is 0 Å². The second kappa shape index (κ2) is 3.04. The second-order valence-electron chi connectivity index (χ2n) is 2.44. The van der Waals surface area contributed by atoms with E-state index in [1.54, 1.807) is 6.92 Å². The monoisotopic (exact) mass is 174 g/mol. The molecule has 1 aliphatic rings. The Hall–Kier alpha value is -0.840. The van der Waals surface area contributed by atoms with Gasteiger partial charge in [0, 0.05) is 13.1 Å². The average Bonchev–Trinajstić information content (AvgIpc) is 1.94. The van der Waals surface area contributed by atoms with Crippen LogP contribution >= 0.6 is 12.2 Å². The SMILES string of the molecule is CC1C(=S)NCCN1C(=O)O. The topological polar surface area (TPSA) is 52.6 Å². The Labute approximate surface area is 70.2 Å². The third kappa shape index (κ3) is 1.59. The van der Waals surface area contributed by atoms with E-state index >= 15 is 0 Å². The number of hydrogen-bond donors (Lipinski definition) is 2. The van der Waals surface area contributed by atoms with Gasteiger partial charge in [0.1, 0.15) is 0 Å². The van der Waals surface area contributed by atoms with Crippen LogP contribution in [0.5, 0.6) is 0 Å². The van der Waals surface area contributed by atoms with Crippen LogP contribution in [0.2, 0.25) is 0 Å². The molecule has 1 saturated heterocycles. The van der Waals surface area contributed by atoms with Crippen LogP contribution in [0.3, 0.4) is 0 Å². The second-order valence-corrected chi connectivity index (χ2v) is 2.88. The van der Waals surface area contributed by atoms with Gasteiger partial charge in [-0.15, -0.1) is 0 Å². The van der Waals surface area contributed by atoms with Gasteiger partial charge < -0.3 is 10.4 Å². The summed E-state index contributed by atoms with van der Waals surface area (Å²) in [7, 11) is 0. The summed E-state index contributed by atoms with van der Waals surface area (Å²) >= 11 is 4.91. The van der Waals surface area contributed by atoms with E-state index in [4.69, 9.17) is 17.3 Å². The molecule has 0 spiro atoms. The van der Waals surface area contributed by atoms with E-state index in [2.05, 4.69) is 5.32 Å². The summed E-state index contributed by atoms with van der Waals surface area (Å²) in [6.45, 7) is 2.91. The quantitative estimate of drug-likeness (QED) is 0.518. The molecule has 0 saturated carbocycles. The molecule has 0 bridgehead atoms. The first-order valence-corrected chi connectivity index (χ1v) is 3.81. The zero-order valence-electron chi connectivity index (χ0n) is 6.20. The predicted molar refractivity (Wildman–Crippen MR) is 44.8 cm³/mol. The molecule has 0 aliphatic carbocycles. The zero-order chi connectivity index (χ0) is 8.43. The van der Waals surface area contributed by atoms with Crippen molar-refractivity contribution >= 4 is 23.3 Å². The van der Waals surface area contributed by atoms with E-state index in [0.717, 1.165) is 0 Å². The number of amides is 1. The third-order valence-electron chi connectivity index (χ3n) is 1.74. The Kier molecular flexibility index (Phi) is 2.28. The molecule has 1 heterocycles. The minimum absolute atomic E-state index is 0.184. The fraction of sp³-hybridized carbons (Fsp3) is 0.667. The average molecular weight is 174 g/mol. The maximum absolute atomic E-state index is 10.5. The van der Waals surface area contributed by atoms with Gasteiger partial charge in [-0.3, -0.25) is 4.90 Å². The first-order chi connectivity index (χ1) is 5.13. The number of carbonyl (C=O) groups is 1. The first-order valence-electron chi connectivity index (χ1n) is 3.40. The maximum Gasteiger partial charge on any atom is 0.407 e. The van der Waals surface area contributed by atoms with E-state index in [1.165, 1.54) is 4.90 Å². The van der Waals surface area contributed by atoms with Gasteiger partial charge in [-0.2, -0.15) is 0 Å². The van der Waals surface area contributed by atoms with Gasteiger partial charge in [-0.25, -0.2) is 4.79 Å². The van der Waals surface area contributed by atoms with Gasteiger partial charge in [0.05, 0.1) is 11.0 Å². The molecule has 1 aliphatic heterocycles. The lowest BCUT2D eigenvalue weighted by Gasteiger charge is -2.32. The Morgan fingerprint density at radius 2 is 2.55 bits per heavy atom. The molecule has 5 heteroatoms. The smallest absolute Gasteiger partial charge is 0.407 e. The number of rotatable bonds is 0. The number of thiocarbonyl (C=S) groups is 1. The van der Waals surface area contributed by atoms with Crippen LogP contribution in [0.25, 0.3) is 0 Å². The molecule has 1 rings (SSSR count). The normalized spacial score (nSPS) is 24.6. The first kappa shape index (κ1) is 8.26. The summed E-state index contributed by atoms with van der Waals surface area (Å²) in [5.74, 6) is 0. The van der Waals surface area contributed by atoms with E-state index < -0.39 is 6.09 Å². The van der Waals surface area contributed by atoms with Crippen molar-refractivity contribution in [3.63, 3.8) is 0 Å². The van der Waals surface area contributed by atoms with Crippen LogP contribution in [0, 0.1) is 0 Å². The number of hydrogen-bond acceptors (Lipinski definition) is 2. The van der Waals surface area contributed by atoms with Crippen molar-refractivity contribution in [2.24, 2.45) is 0 Å². The molecule has 4 nitrogen and oxygen atoms in total. The summed E-state index contributed by atoms with van der Waals surface area (Å²) in [4.78, 5) is 12.5. The van der Waals surface area contributed by atoms with Gasteiger partial charge in [0.15, 0.2) is 0 Å². The van der Waals surface area contributed by atoms with Crippen molar-refractivity contribution < 1.29 is 9.90 Å². The Morgan fingerprint density at radius 3 is 3.00 bits per heavy atom. The zero-order valence-corrected chi connectivity index (χ0v) is 7.02. The minimum Gasteiger partial charge on any atom is -0.465 e. The molecule has 1 amide bonds. The van der Waals surface area contributed by atoms with Gasteiger partial charge in [-0.05, 0) is 6.92 Å². The minimum atomic E-state index is -0.902. The maximum atomic E-state index is 10.5. The Bertz CT molecular complexity index is 195. The fourth-order valence-electron chi connectivity index (χ4n) is 1.04. The van der Waals surface area contributed by atoms with E-state index in [9.17, 15) is 4.79 Å². The molecule has 2 N–H and O–H groups in total. The molecule has 0 aromatic heterocycles. The van der Waals surface area contributed by atoms with Crippen molar-refractivity contribution in [1.82, 2.24) is 10.2 Å². The largest absolute Gasteiger partial charge is 0.465 e. The lowest BCUT2D eigenvalue weighted by atomic mass is 10.2. The van der Waals surface area contributed by atoms with Gasteiger partial charge in [0.25, 0.3) is 0 Å². The summed E-state index contributed by atoms with van der Waals surface area (Å²) < 4.78 is 0. The highest BCUT2D eigenvalue weighted by molar-refractivity contribution is 7.80. The molecule has 0 aromatic rings. The molecule has 0 aromatic carbocycles. The highest BCUT2D eigenvalue weighted by atomic mass is 32.1. The van der Waals surface area contributed by atoms with E-state index in [0.29, 0.717) is 18.1 Å². The van der Waals surface area contributed by atoms with Gasteiger partial charge in [-0.1, -0.05) is 12.2 Å². The summed E-state index contributed by atoms with van der Waals surface area (Å²) in [6, 6.07) is -0.184. The van der Waals surface area contributed by atoms with Crippen LogP contribution < -0.4 is 5.32 Å². The van der Waals surface area contributed by atoms with Crippen molar-refractivity contribution in [3.05, 3.63) is 0 Å². The fourth-order valence-corrected chi connectivity index (χ4v) is 1.27. The van der Waals surface area contributed by atoms with Crippen LogP contribution in [0.4, 0.5) is 4.79 Å². The predicted octanol–water partition coefficient (Wildman–Crippen LogP) is 0.286. The molecule has 62 valence electrons. The molecular weight excluding hydrogens is 164 g/mol. The third-order valence-corrected chi connectivity index (χ3v) is 2.23. The summed E-state index contributed by atoms with van der Waals surface area (Å²) in [6.07, 6.45) is -0.902. The summed E-state index contributed by atoms with van der Waals surface area (Å²) in [5.41, 5.74) is 0. The molecule has 1 fully saturated rings. The van der Waals surface area contributed by atoms with E-state index in [1.807, 2.05) is 0 Å². The standard InChI is InChI=1S/C6H10N2O2S/c1-4-5(11)7-2-3-8(4)6(9)10/h4H,2-3H2,1H3,(H,7,11)(H,9,10).